The van der Waals surface area contributed by atoms with Crippen LogP contribution in [0.5, 0.6) is 0 Å². The van der Waals surface area contributed by atoms with E-state index in [2.05, 4.69) is 0 Å². The lowest BCUT2D eigenvalue weighted by Gasteiger charge is -2.16. The Morgan fingerprint density at radius 1 is 1.06 bits per heavy atom. The molecule has 0 aliphatic heterocycles. The summed E-state index contributed by atoms with van der Waals surface area (Å²) >= 11 is 0. The first kappa shape index (κ1) is 12.7. The van der Waals surface area contributed by atoms with Crippen LogP contribution in [0, 0.1) is 5.92 Å². The van der Waals surface area contributed by atoms with Crippen LogP contribution in [-0.4, -0.2) is 16.9 Å². The van der Waals surface area contributed by atoms with Gasteiger partial charge in [-0.3, -0.25) is 4.79 Å². The third kappa shape index (κ3) is 4.01. The molecule has 3 nitrogen and oxygen atoms in total. The predicted molar refractivity (Wildman–Crippen MR) is 62.1 cm³/mol. The molecule has 0 atom stereocenters. The summed E-state index contributed by atoms with van der Waals surface area (Å²) in [5, 5.41) is 8.60. The standard InChI is InChI=1S/C13H18O3/c1-9(2)12(14)7-10-3-5-11(6-4-10)8-13(15)16/h7-9H,3-6H2,1-2H3,(H,15,16). The highest BCUT2D eigenvalue weighted by atomic mass is 16.4. The van der Waals surface area contributed by atoms with Gasteiger partial charge in [0.05, 0.1) is 0 Å². The van der Waals surface area contributed by atoms with Gasteiger partial charge in [-0.05, 0) is 31.8 Å². The van der Waals surface area contributed by atoms with Crippen molar-refractivity contribution in [3.63, 3.8) is 0 Å². The number of rotatable bonds is 3. The molecule has 1 saturated carbocycles. The zero-order valence-corrected chi connectivity index (χ0v) is 9.82. The fraction of sp³-hybridized carbons (Fsp3) is 0.538. The van der Waals surface area contributed by atoms with Crippen LogP contribution in [0.1, 0.15) is 39.5 Å². The van der Waals surface area contributed by atoms with E-state index in [4.69, 9.17) is 5.11 Å². The zero-order chi connectivity index (χ0) is 12.1. The molecule has 0 radical (unpaired) electrons. The number of aliphatic carboxylic acids is 1. The molecule has 1 aliphatic rings. The Morgan fingerprint density at radius 2 is 1.50 bits per heavy atom. The normalized spacial score (nSPS) is 16.2. The van der Waals surface area contributed by atoms with Crippen LogP contribution in [0.2, 0.25) is 0 Å². The topological polar surface area (TPSA) is 54.4 Å². The molecule has 0 unspecified atom stereocenters. The molecule has 16 heavy (non-hydrogen) atoms. The van der Waals surface area contributed by atoms with E-state index < -0.39 is 5.97 Å². The summed E-state index contributed by atoms with van der Waals surface area (Å²) in [6, 6.07) is 0. The SMILES string of the molecule is CC(C)C(=O)C=C1CCC(=CC(=O)O)CC1. The van der Waals surface area contributed by atoms with Crippen LogP contribution < -0.4 is 0 Å². The van der Waals surface area contributed by atoms with E-state index in [1.165, 1.54) is 6.08 Å². The Bertz CT molecular complexity index is 336. The summed E-state index contributed by atoms with van der Waals surface area (Å²) in [6.07, 6.45) is 6.20. The minimum Gasteiger partial charge on any atom is -0.478 e. The molecule has 88 valence electrons. The molecule has 0 saturated heterocycles. The van der Waals surface area contributed by atoms with Crippen molar-refractivity contribution < 1.29 is 14.7 Å². The number of carboxylic acid groups (broad SMARTS) is 1. The van der Waals surface area contributed by atoms with Crippen molar-refractivity contribution in [2.45, 2.75) is 39.5 Å². The lowest BCUT2D eigenvalue weighted by atomic mass is 9.89. The van der Waals surface area contributed by atoms with E-state index >= 15 is 0 Å². The molecular weight excluding hydrogens is 204 g/mol. The molecule has 1 aliphatic carbocycles. The first-order chi connectivity index (χ1) is 7.49. The molecule has 0 aromatic carbocycles. The molecule has 0 amide bonds. The van der Waals surface area contributed by atoms with Gasteiger partial charge in [-0.25, -0.2) is 4.79 Å². The Balaban J connectivity index is 2.55. The minimum absolute atomic E-state index is 0.0449. The molecule has 3 heteroatoms. The second-order valence-corrected chi connectivity index (χ2v) is 4.50. The van der Waals surface area contributed by atoms with Gasteiger partial charge in [0.25, 0.3) is 0 Å². The number of carbonyl (C=O) groups excluding carboxylic acids is 1. The van der Waals surface area contributed by atoms with Gasteiger partial charge in [0, 0.05) is 12.0 Å². The number of hydrogen-bond donors (Lipinski definition) is 1. The van der Waals surface area contributed by atoms with Gasteiger partial charge in [0.1, 0.15) is 0 Å². The molecular formula is C13H18O3. The van der Waals surface area contributed by atoms with Gasteiger partial charge >= 0.3 is 5.97 Å². The number of ketones is 1. The molecule has 0 heterocycles. The van der Waals surface area contributed by atoms with Crippen molar-refractivity contribution in [3.8, 4) is 0 Å². The molecule has 0 aromatic heterocycles. The minimum atomic E-state index is -0.874. The third-order valence-electron chi connectivity index (χ3n) is 2.78. The van der Waals surface area contributed by atoms with Gasteiger partial charge in [-0.1, -0.05) is 25.0 Å². The molecule has 0 spiro atoms. The summed E-state index contributed by atoms with van der Waals surface area (Å²) in [5.41, 5.74) is 2.13. The monoisotopic (exact) mass is 222 g/mol. The van der Waals surface area contributed by atoms with Crippen LogP contribution in [0.25, 0.3) is 0 Å². The van der Waals surface area contributed by atoms with Crippen molar-refractivity contribution in [1.82, 2.24) is 0 Å². The van der Waals surface area contributed by atoms with E-state index in [0.29, 0.717) is 0 Å². The van der Waals surface area contributed by atoms with Crippen molar-refractivity contribution in [3.05, 3.63) is 23.3 Å². The number of hydrogen-bond acceptors (Lipinski definition) is 2. The Kier molecular flexibility index (Phi) is 4.47. The van der Waals surface area contributed by atoms with Gasteiger partial charge < -0.3 is 5.11 Å². The summed E-state index contributed by atoms with van der Waals surface area (Å²) in [5.74, 6) is -0.662. The first-order valence-corrected chi connectivity index (χ1v) is 5.64. The van der Waals surface area contributed by atoms with Crippen LogP contribution in [0.3, 0.4) is 0 Å². The fourth-order valence-electron chi connectivity index (χ4n) is 1.72. The number of allylic oxidation sites excluding steroid dienone is 3. The highest BCUT2D eigenvalue weighted by Crippen LogP contribution is 2.27. The molecule has 1 fully saturated rings. The van der Waals surface area contributed by atoms with Gasteiger partial charge in [-0.2, -0.15) is 0 Å². The number of carbonyl (C=O) groups is 2. The lowest BCUT2D eigenvalue weighted by Crippen LogP contribution is -2.07. The molecule has 0 aromatic rings. The first-order valence-electron chi connectivity index (χ1n) is 5.64. The summed E-state index contributed by atoms with van der Waals surface area (Å²) < 4.78 is 0. The fourth-order valence-corrected chi connectivity index (χ4v) is 1.72. The Labute approximate surface area is 95.9 Å². The molecule has 1 N–H and O–H groups in total. The van der Waals surface area contributed by atoms with Crippen molar-refractivity contribution in [2.75, 3.05) is 0 Å². The maximum Gasteiger partial charge on any atom is 0.328 e. The van der Waals surface area contributed by atoms with Gasteiger partial charge in [0.2, 0.25) is 0 Å². The quantitative estimate of drug-likeness (QED) is 0.747. The van der Waals surface area contributed by atoms with Gasteiger partial charge in [-0.15, -0.1) is 0 Å². The van der Waals surface area contributed by atoms with E-state index in [1.54, 1.807) is 6.08 Å². The zero-order valence-electron chi connectivity index (χ0n) is 9.82. The number of carboxylic acids is 1. The van der Waals surface area contributed by atoms with Crippen molar-refractivity contribution in [1.29, 1.82) is 0 Å². The van der Waals surface area contributed by atoms with Gasteiger partial charge in [0.15, 0.2) is 5.78 Å². The molecule has 1 rings (SSSR count). The van der Waals surface area contributed by atoms with Crippen LogP contribution in [0.15, 0.2) is 23.3 Å². The summed E-state index contributed by atoms with van der Waals surface area (Å²) in [6.45, 7) is 3.77. The van der Waals surface area contributed by atoms with Crippen molar-refractivity contribution in [2.24, 2.45) is 5.92 Å². The van der Waals surface area contributed by atoms with E-state index in [-0.39, 0.29) is 11.7 Å². The molecule has 0 bridgehead atoms. The van der Waals surface area contributed by atoms with E-state index in [9.17, 15) is 9.59 Å². The average Bonchev–Trinajstić information content (AvgIpc) is 2.20. The van der Waals surface area contributed by atoms with Crippen LogP contribution in [-0.2, 0) is 9.59 Å². The second kappa shape index (κ2) is 5.64. The van der Waals surface area contributed by atoms with E-state index in [1.807, 2.05) is 13.8 Å². The second-order valence-electron chi connectivity index (χ2n) is 4.50. The summed E-state index contributed by atoms with van der Waals surface area (Å²) in [4.78, 5) is 22.0. The smallest absolute Gasteiger partial charge is 0.328 e. The highest BCUT2D eigenvalue weighted by molar-refractivity contribution is 5.91. The highest BCUT2D eigenvalue weighted by Gasteiger charge is 2.13. The Morgan fingerprint density at radius 3 is 1.88 bits per heavy atom. The maximum atomic E-state index is 11.5. The lowest BCUT2D eigenvalue weighted by molar-refractivity contribution is -0.131. The van der Waals surface area contributed by atoms with Crippen LogP contribution >= 0.6 is 0 Å². The third-order valence-corrected chi connectivity index (χ3v) is 2.78. The largest absolute Gasteiger partial charge is 0.478 e. The van der Waals surface area contributed by atoms with Crippen molar-refractivity contribution >= 4 is 11.8 Å². The Hall–Kier alpha value is -1.38. The average molecular weight is 222 g/mol. The van der Waals surface area contributed by atoms with Crippen LogP contribution in [0.4, 0.5) is 0 Å². The predicted octanol–water partition coefficient (Wildman–Crippen LogP) is 2.72. The van der Waals surface area contributed by atoms with E-state index in [0.717, 1.165) is 36.8 Å². The maximum absolute atomic E-state index is 11.5. The summed E-state index contributed by atoms with van der Waals surface area (Å²) in [7, 11) is 0.